The third-order valence-corrected chi connectivity index (χ3v) is 7.25. The van der Waals surface area contributed by atoms with Crippen LogP contribution in [0.3, 0.4) is 0 Å². The number of imidazole rings is 1. The van der Waals surface area contributed by atoms with E-state index in [9.17, 15) is 9.59 Å². The number of aromatic nitrogens is 3. The Labute approximate surface area is 205 Å². The summed E-state index contributed by atoms with van der Waals surface area (Å²) >= 11 is 1.55. The van der Waals surface area contributed by atoms with Gasteiger partial charge in [0.25, 0.3) is 5.91 Å². The van der Waals surface area contributed by atoms with Gasteiger partial charge in [-0.25, -0.2) is 4.98 Å². The molecule has 1 aromatic carbocycles. The zero-order valence-corrected chi connectivity index (χ0v) is 19.9. The second kappa shape index (κ2) is 8.70. The molecule has 0 radical (unpaired) electrons. The first-order valence-electron chi connectivity index (χ1n) is 11.4. The molecule has 6 rings (SSSR count). The molecule has 0 aliphatic carbocycles. The van der Waals surface area contributed by atoms with E-state index >= 15 is 0 Å². The summed E-state index contributed by atoms with van der Waals surface area (Å²) in [6, 6.07) is 5.16. The van der Waals surface area contributed by atoms with Crippen LogP contribution in [0.5, 0.6) is 11.5 Å². The second-order valence-electron chi connectivity index (χ2n) is 8.64. The van der Waals surface area contributed by atoms with Gasteiger partial charge in [0.2, 0.25) is 12.7 Å². The van der Waals surface area contributed by atoms with E-state index < -0.39 is 0 Å². The van der Waals surface area contributed by atoms with Crippen LogP contribution in [0.2, 0.25) is 0 Å². The number of carbonyl (C=O) groups is 2. The zero-order chi connectivity index (χ0) is 23.9. The van der Waals surface area contributed by atoms with Gasteiger partial charge in [0.05, 0.1) is 12.1 Å². The molecule has 0 saturated heterocycles. The van der Waals surface area contributed by atoms with Crippen molar-refractivity contribution in [2.45, 2.75) is 32.9 Å². The lowest BCUT2D eigenvalue weighted by Gasteiger charge is -2.30. The molecule has 2 aliphatic rings. The fourth-order valence-corrected chi connectivity index (χ4v) is 5.32. The fourth-order valence-electron chi connectivity index (χ4n) is 4.61. The Morgan fingerprint density at radius 2 is 2.11 bits per heavy atom. The van der Waals surface area contributed by atoms with Gasteiger partial charge >= 0.3 is 0 Å². The zero-order valence-electron chi connectivity index (χ0n) is 19.1. The SMILES string of the molecule is Cc1ncc2c(c1CNC(=O)c1ccc3c(c1)OCO3)CCN(C(=O)Cc1cn3ccsc3n1)C2. The number of carbonyl (C=O) groups excluding carboxylic acids is 2. The van der Waals surface area contributed by atoms with E-state index in [-0.39, 0.29) is 25.0 Å². The monoisotopic (exact) mass is 489 g/mol. The van der Waals surface area contributed by atoms with Crippen LogP contribution in [0.15, 0.2) is 42.2 Å². The highest BCUT2D eigenvalue weighted by molar-refractivity contribution is 7.15. The lowest BCUT2D eigenvalue weighted by Crippen LogP contribution is -2.38. The van der Waals surface area contributed by atoms with Crippen molar-refractivity contribution in [3.63, 3.8) is 0 Å². The smallest absolute Gasteiger partial charge is 0.251 e. The standard InChI is InChI=1S/C25H23N5O4S/c1-15-20(11-27-24(32)16-2-3-21-22(8-16)34-14-33-21)19-4-5-29(12-17(19)10-26-15)23(31)9-18-13-30-6-7-35-25(30)28-18/h2-3,6-8,10,13H,4-5,9,11-12,14H2,1H3,(H,27,32). The van der Waals surface area contributed by atoms with Crippen LogP contribution in [0.4, 0.5) is 0 Å². The van der Waals surface area contributed by atoms with Gasteiger partial charge in [-0.15, -0.1) is 11.3 Å². The molecule has 0 saturated carbocycles. The lowest BCUT2D eigenvalue weighted by molar-refractivity contribution is -0.131. The van der Waals surface area contributed by atoms with Crippen molar-refractivity contribution in [3.8, 4) is 11.5 Å². The molecule has 0 bridgehead atoms. The first kappa shape index (κ1) is 21.6. The van der Waals surface area contributed by atoms with Crippen molar-refractivity contribution >= 4 is 28.1 Å². The van der Waals surface area contributed by atoms with Gasteiger partial charge in [-0.2, -0.15) is 0 Å². The van der Waals surface area contributed by atoms with E-state index in [1.54, 1.807) is 29.5 Å². The molecule has 0 fully saturated rings. The van der Waals surface area contributed by atoms with Gasteiger partial charge < -0.3 is 19.7 Å². The van der Waals surface area contributed by atoms with Crippen molar-refractivity contribution in [2.24, 2.45) is 0 Å². The number of amides is 2. The summed E-state index contributed by atoms with van der Waals surface area (Å²) in [6.45, 7) is 3.62. The maximum atomic E-state index is 13.0. The third kappa shape index (κ3) is 4.10. The Morgan fingerprint density at radius 3 is 3.00 bits per heavy atom. The molecule has 0 atom stereocenters. The predicted molar refractivity (Wildman–Crippen MR) is 129 cm³/mol. The van der Waals surface area contributed by atoms with E-state index in [1.807, 2.05) is 40.2 Å². The topological polar surface area (TPSA) is 98.1 Å². The quantitative estimate of drug-likeness (QED) is 0.463. The molecule has 0 spiro atoms. The highest BCUT2D eigenvalue weighted by Gasteiger charge is 2.25. The maximum Gasteiger partial charge on any atom is 0.251 e. The summed E-state index contributed by atoms with van der Waals surface area (Å²) in [6.07, 6.45) is 6.70. The summed E-state index contributed by atoms with van der Waals surface area (Å²) in [5.74, 6) is 1.09. The molecule has 35 heavy (non-hydrogen) atoms. The van der Waals surface area contributed by atoms with Crippen LogP contribution in [0.25, 0.3) is 4.96 Å². The maximum absolute atomic E-state index is 13.0. The minimum atomic E-state index is -0.187. The largest absolute Gasteiger partial charge is 0.454 e. The minimum Gasteiger partial charge on any atom is -0.454 e. The van der Waals surface area contributed by atoms with E-state index in [0.29, 0.717) is 36.7 Å². The number of pyridine rings is 1. The highest BCUT2D eigenvalue weighted by atomic mass is 32.1. The molecule has 9 nitrogen and oxygen atoms in total. The summed E-state index contributed by atoms with van der Waals surface area (Å²) in [4.78, 5) is 37.6. The number of hydrogen-bond donors (Lipinski definition) is 1. The number of nitrogens with zero attached hydrogens (tertiary/aromatic N) is 4. The number of thiazole rings is 1. The number of hydrogen-bond acceptors (Lipinski definition) is 7. The Bertz CT molecular complexity index is 1430. The average Bonchev–Trinajstić information content (AvgIpc) is 3.59. The Morgan fingerprint density at radius 1 is 1.23 bits per heavy atom. The molecule has 2 aliphatic heterocycles. The third-order valence-electron chi connectivity index (χ3n) is 6.48. The van der Waals surface area contributed by atoms with Gasteiger partial charge in [-0.1, -0.05) is 0 Å². The van der Waals surface area contributed by atoms with Crippen LogP contribution in [-0.4, -0.2) is 44.4 Å². The van der Waals surface area contributed by atoms with Crippen molar-refractivity contribution < 1.29 is 19.1 Å². The Kier molecular flexibility index (Phi) is 5.37. The molecule has 4 aromatic rings. The molecule has 2 amide bonds. The van der Waals surface area contributed by atoms with Gasteiger partial charge in [0.15, 0.2) is 16.5 Å². The van der Waals surface area contributed by atoms with E-state index in [4.69, 9.17) is 9.47 Å². The molecule has 3 aromatic heterocycles. The lowest BCUT2D eigenvalue weighted by atomic mass is 9.94. The number of fused-ring (bicyclic) bond motifs is 3. The molecule has 1 N–H and O–H groups in total. The van der Waals surface area contributed by atoms with Crippen molar-refractivity contribution in [1.29, 1.82) is 0 Å². The van der Waals surface area contributed by atoms with Crippen LogP contribution in [0, 0.1) is 6.92 Å². The normalized spacial score (nSPS) is 14.3. The Balaban J connectivity index is 1.14. The summed E-state index contributed by atoms with van der Waals surface area (Å²) in [5, 5.41) is 4.98. The van der Waals surface area contributed by atoms with E-state index in [2.05, 4.69) is 15.3 Å². The van der Waals surface area contributed by atoms with Crippen molar-refractivity contribution in [3.05, 3.63) is 75.8 Å². The first-order valence-corrected chi connectivity index (χ1v) is 12.3. The van der Waals surface area contributed by atoms with E-state index in [1.165, 1.54) is 0 Å². The molecule has 178 valence electrons. The number of benzene rings is 1. The van der Waals surface area contributed by atoms with Crippen LogP contribution >= 0.6 is 11.3 Å². The van der Waals surface area contributed by atoms with Gasteiger partial charge in [-0.05, 0) is 48.2 Å². The molecule has 10 heteroatoms. The number of ether oxygens (including phenoxy) is 2. The van der Waals surface area contributed by atoms with Gasteiger partial charge in [-0.3, -0.25) is 19.0 Å². The van der Waals surface area contributed by atoms with Crippen LogP contribution < -0.4 is 14.8 Å². The van der Waals surface area contributed by atoms with Crippen molar-refractivity contribution in [1.82, 2.24) is 24.6 Å². The molecular formula is C25H23N5O4S. The number of aryl methyl sites for hydroxylation is 1. The summed E-state index contributed by atoms with van der Waals surface area (Å²) in [5.41, 5.74) is 5.37. The van der Waals surface area contributed by atoms with Gasteiger partial charge in [0.1, 0.15) is 0 Å². The number of rotatable bonds is 5. The predicted octanol–water partition coefficient (Wildman–Crippen LogP) is 2.89. The molecule has 5 heterocycles. The molecule has 0 unspecified atom stereocenters. The summed E-state index contributed by atoms with van der Waals surface area (Å²) in [7, 11) is 0. The van der Waals surface area contributed by atoms with E-state index in [0.717, 1.165) is 39.5 Å². The Hall–Kier alpha value is -3.92. The molecular weight excluding hydrogens is 466 g/mol. The van der Waals surface area contributed by atoms with Crippen molar-refractivity contribution in [2.75, 3.05) is 13.3 Å². The second-order valence-corrected chi connectivity index (χ2v) is 9.52. The fraction of sp³-hybridized carbons (Fsp3) is 0.280. The first-order chi connectivity index (χ1) is 17.0. The highest BCUT2D eigenvalue weighted by Crippen LogP contribution is 2.32. The average molecular weight is 490 g/mol. The van der Waals surface area contributed by atoms with Gasteiger partial charge in [0, 0.05) is 54.9 Å². The number of nitrogens with one attached hydrogen (secondary N) is 1. The summed E-state index contributed by atoms with van der Waals surface area (Å²) < 4.78 is 12.6. The minimum absolute atomic E-state index is 0.0552. The van der Waals surface area contributed by atoms with Crippen LogP contribution in [0.1, 0.15) is 38.4 Å². The van der Waals surface area contributed by atoms with Crippen LogP contribution in [-0.2, 0) is 30.7 Å².